The van der Waals surface area contributed by atoms with E-state index in [1.807, 2.05) is 0 Å². The molecule has 4 heteroatoms. The molecule has 0 aromatic carbocycles. The zero-order valence-electron chi connectivity index (χ0n) is 5.88. The van der Waals surface area contributed by atoms with Gasteiger partial charge in [0.15, 0.2) is 0 Å². The summed E-state index contributed by atoms with van der Waals surface area (Å²) in [6.07, 6.45) is 3.84. The zero-order chi connectivity index (χ0) is 7.40. The summed E-state index contributed by atoms with van der Waals surface area (Å²) in [5.74, 6) is 10.2. The van der Waals surface area contributed by atoms with Crippen LogP contribution in [0.25, 0.3) is 0 Å². The molecule has 0 saturated heterocycles. The van der Waals surface area contributed by atoms with Crippen LogP contribution in [0.1, 0.15) is 25.7 Å². The third-order valence-electron chi connectivity index (χ3n) is 1.70. The Morgan fingerprint density at radius 1 is 1.00 bits per heavy atom. The normalized spacial score (nSPS) is 27.6. The Labute approximate surface area is 60.0 Å². The molecule has 0 atom stereocenters. The average Bonchev–Trinajstić information content (AvgIpc) is 2.05. The van der Waals surface area contributed by atoms with Crippen LogP contribution in [0.5, 0.6) is 0 Å². The Bertz CT molecular complexity index is 153. The van der Waals surface area contributed by atoms with Gasteiger partial charge in [-0.1, -0.05) is 0 Å². The predicted molar refractivity (Wildman–Crippen MR) is 41.7 cm³/mol. The number of nitrogens with two attached hydrogens (primary N) is 2. The quantitative estimate of drug-likeness (QED) is 0.372. The fraction of sp³-hybridized carbons (Fsp3) is 0.667. The van der Waals surface area contributed by atoms with Gasteiger partial charge in [-0.2, -0.15) is 10.2 Å². The highest BCUT2D eigenvalue weighted by Crippen LogP contribution is 2.11. The van der Waals surface area contributed by atoms with E-state index in [0.29, 0.717) is 0 Å². The Kier molecular flexibility index (Phi) is 2.25. The summed E-state index contributed by atoms with van der Waals surface area (Å²) in [4.78, 5) is 0. The second-order valence-electron chi connectivity index (χ2n) is 2.42. The molecule has 0 aromatic heterocycles. The lowest BCUT2D eigenvalue weighted by atomic mass is 9.97. The smallest absolute Gasteiger partial charge is 0.0432 e. The van der Waals surface area contributed by atoms with Crippen molar-refractivity contribution in [3.63, 3.8) is 0 Å². The van der Waals surface area contributed by atoms with Gasteiger partial charge in [-0.05, 0) is 19.3 Å². The van der Waals surface area contributed by atoms with Crippen LogP contribution < -0.4 is 11.7 Å². The van der Waals surface area contributed by atoms with Gasteiger partial charge in [0.05, 0.1) is 0 Å². The van der Waals surface area contributed by atoms with Gasteiger partial charge in [0, 0.05) is 17.8 Å². The van der Waals surface area contributed by atoms with Gasteiger partial charge >= 0.3 is 0 Å². The van der Waals surface area contributed by atoms with Crippen LogP contribution in [0, 0.1) is 0 Å². The molecular formula is C6H12N4. The zero-order valence-corrected chi connectivity index (χ0v) is 5.88. The van der Waals surface area contributed by atoms with Crippen LogP contribution in [-0.2, 0) is 0 Å². The van der Waals surface area contributed by atoms with Crippen molar-refractivity contribution in [2.24, 2.45) is 21.9 Å². The number of hydrazone groups is 2. The molecule has 1 saturated carbocycles. The third-order valence-corrected chi connectivity index (χ3v) is 1.70. The highest BCUT2D eigenvalue weighted by Gasteiger charge is 2.11. The molecule has 1 aliphatic rings. The van der Waals surface area contributed by atoms with Gasteiger partial charge in [0.25, 0.3) is 0 Å². The van der Waals surface area contributed by atoms with Crippen molar-refractivity contribution >= 4 is 11.4 Å². The number of hydrogen-bond donors (Lipinski definition) is 2. The first-order chi connectivity index (χ1) is 4.86. The minimum Gasteiger partial charge on any atom is -0.323 e. The van der Waals surface area contributed by atoms with Crippen LogP contribution in [0.4, 0.5) is 0 Å². The maximum Gasteiger partial charge on any atom is 0.0432 e. The van der Waals surface area contributed by atoms with Gasteiger partial charge in [-0.25, -0.2) is 0 Å². The third kappa shape index (κ3) is 1.46. The Balaban J connectivity index is 2.56. The van der Waals surface area contributed by atoms with E-state index in [2.05, 4.69) is 10.2 Å². The van der Waals surface area contributed by atoms with E-state index in [1.165, 1.54) is 0 Å². The van der Waals surface area contributed by atoms with Crippen molar-refractivity contribution in [1.82, 2.24) is 0 Å². The maximum absolute atomic E-state index is 5.11. The van der Waals surface area contributed by atoms with E-state index >= 15 is 0 Å². The fourth-order valence-corrected chi connectivity index (χ4v) is 1.13. The second-order valence-corrected chi connectivity index (χ2v) is 2.42. The molecule has 0 bridgehead atoms. The maximum atomic E-state index is 5.11. The fourth-order valence-electron chi connectivity index (χ4n) is 1.13. The first kappa shape index (κ1) is 7.05. The summed E-state index contributed by atoms with van der Waals surface area (Å²) < 4.78 is 0. The molecule has 10 heavy (non-hydrogen) atoms. The molecule has 4 nitrogen and oxygen atoms in total. The van der Waals surface area contributed by atoms with E-state index in [0.717, 1.165) is 37.1 Å². The highest BCUT2D eigenvalue weighted by atomic mass is 15.1. The largest absolute Gasteiger partial charge is 0.323 e. The Morgan fingerprint density at radius 3 is 1.90 bits per heavy atom. The lowest BCUT2D eigenvalue weighted by molar-refractivity contribution is 0.861. The van der Waals surface area contributed by atoms with E-state index in [4.69, 9.17) is 11.7 Å². The van der Waals surface area contributed by atoms with E-state index in [-0.39, 0.29) is 0 Å². The summed E-state index contributed by atoms with van der Waals surface area (Å²) in [5, 5.41) is 7.25. The standard InChI is InChI=1S/C6H12N4/c7-9-5-2-1-3-6(4-5)10-8/h1-4,7-8H2. The van der Waals surface area contributed by atoms with Gasteiger partial charge < -0.3 is 11.7 Å². The Morgan fingerprint density at radius 2 is 1.50 bits per heavy atom. The average molecular weight is 140 g/mol. The summed E-state index contributed by atoms with van der Waals surface area (Å²) in [5.41, 5.74) is 2.02. The summed E-state index contributed by atoms with van der Waals surface area (Å²) >= 11 is 0. The monoisotopic (exact) mass is 140 g/mol. The van der Waals surface area contributed by atoms with Gasteiger partial charge in [0.2, 0.25) is 0 Å². The minimum absolute atomic E-state index is 0.771. The van der Waals surface area contributed by atoms with Crippen LogP contribution >= 0.6 is 0 Å². The van der Waals surface area contributed by atoms with Crippen LogP contribution in [0.15, 0.2) is 10.2 Å². The molecule has 1 fully saturated rings. The number of hydrogen-bond acceptors (Lipinski definition) is 4. The second kappa shape index (κ2) is 3.20. The van der Waals surface area contributed by atoms with E-state index in [9.17, 15) is 0 Å². The molecule has 0 heterocycles. The first-order valence-electron chi connectivity index (χ1n) is 3.38. The SMILES string of the molecule is NN=C1CCCC(=NN)C1. The molecule has 0 spiro atoms. The first-order valence-corrected chi connectivity index (χ1v) is 3.38. The molecule has 0 unspecified atom stereocenters. The molecule has 56 valence electrons. The van der Waals surface area contributed by atoms with Gasteiger partial charge in [-0.3, -0.25) is 0 Å². The van der Waals surface area contributed by atoms with Crippen LogP contribution in [-0.4, -0.2) is 11.4 Å². The van der Waals surface area contributed by atoms with Crippen LogP contribution in [0.3, 0.4) is 0 Å². The molecule has 1 aliphatic carbocycles. The minimum atomic E-state index is 0.771. The van der Waals surface area contributed by atoms with E-state index in [1.54, 1.807) is 0 Å². The molecule has 0 aromatic rings. The van der Waals surface area contributed by atoms with Gasteiger partial charge in [0.1, 0.15) is 0 Å². The topological polar surface area (TPSA) is 76.8 Å². The van der Waals surface area contributed by atoms with Crippen molar-refractivity contribution < 1.29 is 0 Å². The lowest BCUT2D eigenvalue weighted by Crippen LogP contribution is -2.17. The van der Waals surface area contributed by atoms with Crippen LogP contribution in [0.2, 0.25) is 0 Å². The van der Waals surface area contributed by atoms with Crippen molar-refractivity contribution in [3.8, 4) is 0 Å². The van der Waals surface area contributed by atoms with Crippen molar-refractivity contribution in [1.29, 1.82) is 0 Å². The molecular weight excluding hydrogens is 128 g/mol. The van der Waals surface area contributed by atoms with E-state index < -0.39 is 0 Å². The summed E-state index contributed by atoms with van der Waals surface area (Å²) in [7, 11) is 0. The summed E-state index contributed by atoms with van der Waals surface area (Å²) in [6, 6.07) is 0. The molecule has 1 rings (SSSR count). The molecule has 4 N–H and O–H groups in total. The predicted octanol–water partition coefficient (Wildman–Crippen LogP) is 0.190. The van der Waals surface area contributed by atoms with Crippen molar-refractivity contribution in [3.05, 3.63) is 0 Å². The van der Waals surface area contributed by atoms with Gasteiger partial charge in [-0.15, -0.1) is 0 Å². The van der Waals surface area contributed by atoms with Crippen molar-refractivity contribution in [2.45, 2.75) is 25.7 Å². The Hall–Kier alpha value is -1.06. The lowest BCUT2D eigenvalue weighted by Gasteiger charge is -2.12. The highest BCUT2D eigenvalue weighted by molar-refractivity contribution is 6.06. The number of nitrogens with zero attached hydrogens (tertiary/aromatic N) is 2. The molecule has 0 aliphatic heterocycles. The summed E-state index contributed by atoms with van der Waals surface area (Å²) in [6.45, 7) is 0. The number of rotatable bonds is 0. The molecule has 0 amide bonds. The molecule has 0 radical (unpaired) electrons. The van der Waals surface area contributed by atoms with Crippen molar-refractivity contribution in [2.75, 3.05) is 0 Å².